The number of thiol groups is 1. The van der Waals surface area contributed by atoms with Crippen LogP contribution in [0, 0.1) is 0 Å². The van der Waals surface area contributed by atoms with Crippen LogP contribution in [0.1, 0.15) is 41.5 Å². The summed E-state index contributed by atoms with van der Waals surface area (Å²) in [5, 5.41) is 10.1. The highest BCUT2D eigenvalue weighted by Gasteiger charge is 2.41. The smallest absolute Gasteiger partial charge is 0.192 e. The Morgan fingerprint density at radius 2 is 1.56 bits per heavy atom. The van der Waals surface area contributed by atoms with Crippen molar-refractivity contribution in [2.75, 3.05) is 32.8 Å². The van der Waals surface area contributed by atoms with Gasteiger partial charge in [0.25, 0.3) is 0 Å². The van der Waals surface area contributed by atoms with E-state index in [0.717, 1.165) is 13.1 Å². The summed E-state index contributed by atoms with van der Waals surface area (Å²) in [4.78, 5) is 3.42. The summed E-state index contributed by atoms with van der Waals surface area (Å²) in [6, 6.07) is -0.0552. The maximum atomic E-state index is 11.5. The van der Waals surface area contributed by atoms with E-state index in [1.165, 1.54) is 0 Å². The summed E-state index contributed by atoms with van der Waals surface area (Å²) in [5.74, 6) is 0. The van der Waals surface area contributed by atoms with Gasteiger partial charge in [0.05, 0.1) is 18.8 Å². The van der Waals surface area contributed by atoms with E-state index in [1.54, 1.807) is 13.8 Å². The summed E-state index contributed by atoms with van der Waals surface area (Å²) < 4.78 is 29.4. The maximum absolute atomic E-state index is 11.5. The lowest BCUT2D eigenvalue weighted by Gasteiger charge is -2.46. The molecule has 1 fully saturated rings. The van der Waals surface area contributed by atoms with Crippen LogP contribution in [0.15, 0.2) is 0 Å². The van der Waals surface area contributed by atoms with Crippen molar-refractivity contribution in [3.05, 3.63) is 0 Å². The first-order valence-electron chi connectivity index (χ1n) is 9.16. The minimum absolute atomic E-state index is 0.0506. The largest absolute Gasteiger partial charge is 0.413 e. The van der Waals surface area contributed by atoms with E-state index in [0.29, 0.717) is 13.1 Å². The summed E-state index contributed by atoms with van der Waals surface area (Å²) >= 11 is 0. The fourth-order valence-electron chi connectivity index (χ4n) is 3.00. The molecule has 25 heavy (non-hydrogen) atoms. The standard InChI is InChI=1S/C17H38N2O4SSi/c1-14(23-25(7,8)16(2,3)4)15(13-20)18-9-11-19(12-10-18)17(5,6)24(21)22/h14-15,20,24H,9-13H2,1-8H3/t14-,15-/m1/s1. The van der Waals surface area contributed by atoms with Gasteiger partial charge in [-0.05, 0) is 38.9 Å². The first kappa shape index (κ1) is 23.0. The van der Waals surface area contributed by atoms with Crippen molar-refractivity contribution < 1.29 is 18.0 Å². The number of hydrogen-bond acceptors (Lipinski definition) is 6. The monoisotopic (exact) mass is 394 g/mol. The predicted octanol–water partition coefficient (Wildman–Crippen LogP) is 1.72. The SMILES string of the molecule is C[C@@H](O[Si](C)(C)C(C)(C)C)[C@@H](CO)N1CCN(C(C)(C)[SH](=O)=O)CC1. The molecule has 2 atom stereocenters. The molecule has 1 aliphatic rings. The van der Waals surface area contributed by atoms with E-state index in [9.17, 15) is 13.5 Å². The van der Waals surface area contributed by atoms with E-state index >= 15 is 0 Å². The summed E-state index contributed by atoms with van der Waals surface area (Å²) in [6.45, 7) is 19.5. The van der Waals surface area contributed by atoms with Gasteiger partial charge in [-0.15, -0.1) is 0 Å². The van der Waals surface area contributed by atoms with Crippen molar-refractivity contribution in [1.29, 1.82) is 0 Å². The van der Waals surface area contributed by atoms with Gasteiger partial charge in [0, 0.05) is 26.2 Å². The second kappa shape index (κ2) is 8.35. The molecule has 8 heteroatoms. The van der Waals surface area contributed by atoms with Gasteiger partial charge in [-0.3, -0.25) is 9.80 Å². The van der Waals surface area contributed by atoms with Gasteiger partial charge in [0.1, 0.15) is 4.87 Å². The minimum atomic E-state index is -2.50. The molecule has 0 spiro atoms. The van der Waals surface area contributed by atoms with E-state index in [2.05, 4.69) is 38.8 Å². The number of piperazine rings is 1. The van der Waals surface area contributed by atoms with Crippen molar-refractivity contribution >= 4 is 19.0 Å². The molecule has 0 aliphatic carbocycles. The number of rotatable bonds is 7. The molecule has 0 amide bonds. The number of nitrogens with zero attached hydrogens (tertiary/aromatic N) is 2. The quantitative estimate of drug-likeness (QED) is 0.506. The molecule has 0 aromatic heterocycles. The molecule has 1 aliphatic heterocycles. The van der Waals surface area contributed by atoms with Crippen LogP contribution in [0.25, 0.3) is 0 Å². The molecular weight excluding hydrogens is 356 g/mol. The number of aliphatic hydroxyl groups is 1. The average Bonchev–Trinajstić information content (AvgIpc) is 2.46. The Balaban J connectivity index is 2.74. The molecule has 6 nitrogen and oxygen atoms in total. The van der Waals surface area contributed by atoms with E-state index in [-0.39, 0.29) is 23.8 Å². The van der Waals surface area contributed by atoms with Crippen molar-refractivity contribution in [2.45, 2.75) is 76.7 Å². The lowest BCUT2D eigenvalue weighted by Crippen LogP contribution is -2.60. The third-order valence-corrected chi connectivity index (χ3v) is 11.8. The number of hydrogen-bond donors (Lipinski definition) is 2. The first-order chi connectivity index (χ1) is 11.2. The van der Waals surface area contributed by atoms with Crippen LogP contribution in [-0.2, 0) is 15.1 Å². The van der Waals surface area contributed by atoms with Gasteiger partial charge in [0.15, 0.2) is 19.0 Å². The van der Waals surface area contributed by atoms with E-state index in [1.807, 2.05) is 11.8 Å². The van der Waals surface area contributed by atoms with Crippen LogP contribution in [0.3, 0.4) is 0 Å². The van der Waals surface area contributed by atoms with Crippen LogP contribution in [0.4, 0.5) is 0 Å². The molecule has 0 saturated carbocycles. The van der Waals surface area contributed by atoms with Gasteiger partial charge in [-0.2, -0.15) is 0 Å². The maximum Gasteiger partial charge on any atom is 0.192 e. The Kier molecular flexibility index (Phi) is 7.70. The van der Waals surface area contributed by atoms with Gasteiger partial charge < -0.3 is 9.53 Å². The molecule has 0 aromatic rings. The van der Waals surface area contributed by atoms with E-state index < -0.39 is 23.9 Å². The van der Waals surface area contributed by atoms with Crippen LogP contribution in [-0.4, -0.2) is 81.4 Å². The first-order valence-corrected chi connectivity index (χ1v) is 13.2. The Morgan fingerprint density at radius 3 is 1.92 bits per heavy atom. The number of aliphatic hydroxyl groups excluding tert-OH is 1. The predicted molar refractivity (Wildman–Crippen MR) is 106 cm³/mol. The van der Waals surface area contributed by atoms with Gasteiger partial charge in [0.2, 0.25) is 0 Å². The Hall–Kier alpha value is 0.00688. The molecule has 0 radical (unpaired) electrons. The molecule has 1 rings (SSSR count). The molecule has 1 saturated heterocycles. The zero-order chi connectivity index (χ0) is 19.6. The zero-order valence-corrected chi connectivity index (χ0v) is 19.1. The lowest BCUT2D eigenvalue weighted by molar-refractivity contribution is -0.00425. The van der Waals surface area contributed by atoms with Gasteiger partial charge >= 0.3 is 0 Å². The fraction of sp³-hybridized carbons (Fsp3) is 1.00. The molecule has 0 unspecified atom stereocenters. The normalized spacial score (nSPS) is 21.5. The van der Waals surface area contributed by atoms with E-state index in [4.69, 9.17) is 4.43 Å². The van der Waals surface area contributed by atoms with Crippen molar-refractivity contribution in [3.63, 3.8) is 0 Å². The highest BCUT2D eigenvalue weighted by molar-refractivity contribution is 7.73. The van der Waals surface area contributed by atoms with Gasteiger partial charge in [-0.25, -0.2) is 8.42 Å². The molecule has 0 aromatic carbocycles. The minimum Gasteiger partial charge on any atom is -0.413 e. The van der Waals surface area contributed by atoms with Crippen molar-refractivity contribution in [1.82, 2.24) is 9.80 Å². The van der Waals surface area contributed by atoms with Crippen molar-refractivity contribution in [3.8, 4) is 0 Å². The summed E-state index contributed by atoms with van der Waals surface area (Å²) in [6.07, 6.45) is -0.0541. The average molecular weight is 395 g/mol. The summed E-state index contributed by atoms with van der Waals surface area (Å²) in [7, 11) is -4.40. The second-order valence-electron chi connectivity index (χ2n) is 9.11. The zero-order valence-electron chi connectivity index (χ0n) is 17.2. The molecule has 150 valence electrons. The fourth-order valence-corrected chi connectivity index (χ4v) is 4.87. The van der Waals surface area contributed by atoms with Crippen molar-refractivity contribution in [2.24, 2.45) is 0 Å². The highest BCUT2D eigenvalue weighted by atomic mass is 32.2. The lowest BCUT2D eigenvalue weighted by atomic mass is 10.1. The third-order valence-electron chi connectivity index (χ3n) is 6.02. The van der Waals surface area contributed by atoms with Crippen LogP contribution in [0.5, 0.6) is 0 Å². The molecule has 0 bridgehead atoms. The van der Waals surface area contributed by atoms with Gasteiger partial charge in [-0.1, -0.05) is 20.8 Å². The molecule has 1 N–H and O–H groups in total. The molecular formula is C17H38N2O4SSi. The molecule has 1 heterocycles. The summed E-state index contributed by atoms with van der Waals surface area (Å²) in [5.41, 5.74) is 0. The highest BCUT2D eigenvalue weighted by Crippen LogP contribution is 2.37. The second-order valence-corrected chi connectivity index (χ2v) is 15.5. The Morgan fingerprint density at radius 1 is 1.08 bits per heavy atom. The topological polar surface area (TPSA) is 70.1 Å². The van der Waals surface area contributed by atoms with Crippen LogP contribution in [0.2, 0.25) is 18.1 Å². The Bertz CT molecular complexity index is 501. The van der Waals surface area contributed by atoms with Crippen LogP contribution < -0.4 is 0 Å². The Labute approximate surface area is 156 Å². The third kappa shape index (κ3) is 5.49. The van der Waals surface area contributed by atoms with Crippen LogP contribution >= 0.6 is 0 Å².